The topological polar surface area (TPSA) is 50.6 Å². The molecule has 152 valence electrons. The van der Waals surface area contributed by atoms with E-state index in [4.69, 9.17) is 9.72 Å². The van der Waals surface area contributed by atoms with Gasteiger partial charge in [-0.15, -0.1) is 0 Å². The molecule has 0 N–H and O–H groups in total. The van der Waals surface area contributed by atoms with E-state index in [1.165, 1.54) is 0 Å². The molecule has 0 aliphatic carbocycles. The Balaban J connectivity index is 1.46. The fraction of sp³-hybridized carbons (Fsp3) is 0.364. The van der Waals surface area contributed by atoms with Gasteiger partial charge >= 0.3 is 0 Å². The quantitative estimate of drug-likeness (QED) is 0.624. The molecule has 3 aromatic rings. The maximum Gasteiger partial charge on any atom is 0.242 e. The molecule has 4 rings (SSSR count). The third-order valence-electron chi connectivity index (χ3n) is 5.36. The zero-order chi connectivity index (χ0) is 20.2. The van der Waals surface area contributed by atoms with Crippen LogP contribution in [0.4, 0.5) is 5.69 Å². The average Bonchev–Trinajstić information content (AvgIpc) is 3.11. The van der Waals surface area contributed by atoms with Crippen LogP contribution in [0, 0.1) is 0 Å². The monoisotopic (exact) mass is 410 g/mol. The van der Waals surface area contributed by atoms with Crippen molar-refractivity contribution < 1.29 is 9.53 Å². The van der Waals surface area contributed by atoms with E-state index in [2.05, 4.69) is 21.8 Å². The number of thioether (sulfide) groups is 1. The Labute approximate surface area is 175 Å². The van der Waals surface area contributed by atoms with Crippen LogP contribution >= 0.6 is 11.8 Å². The summed E-state index contributed by atoms with van der Waals surface area (Å²) in [6.07, 6.45) is 2.06. The Kier molecular flexibility index (Phi) is 5.94. The minimum Gasteiger partial charge on any atom is -0.495 e. The van der Waals surface area contributed by atoms with Crippen LogP contribution in [0.2, 0.25) is 0 Å². The molecule has 2 aromatic carbocycles. The van der Waals surface area contributed by atoms with Crippen molar-refractivity contribution in [2.24, 2.45) is 0 Å². The highest BCUT2D eigenvalue weighted by Crippen LogP contribution is 2.28. The zero-order valence-corrected chi connectivity index (χ0v) is 17.7. The van der Waals surface area contributed by atoms with Gasteiger partial charge in [0.2, 0.25) is 5.91 Å². The summed E-state index contributed by atoms with van der Waals surface area (Å²) in [4.78, 5) is 22.0. The summed E-state index contributed by atoms with van der Waals surface area (Å²) in [5.74, 6) is 2.78. The second kappa shape index (κ2) is 8.78. The van der Waals surface area contributed by atoms with E-state index in [1.54, 1.807) is 18.9 Å². The molecule has 2 heterocycles. The molecule has 0 unspecified atom stereocenters. The van der Waals surface area contributed by atoms with Crippen LogP contribution in [-0.2, 0) is 17.1 Å². The molecule has 1 aromatic heterocycles. The van der Waals surface area contributed by atoms with Gasteiger partial charge < -0.3 is 19.1 Å². The number of piperazine rings is 1. The zero-order valence-electron chi connectivity index (χ0n) is 16.9. The van der Waals surface area contributed by atoms with Crippen molar-refractivity contribution in [1.82, 2.24) is 14.5 Å². The SMILES string of the molecule is COc1ccccc1N1CCN(C(=O)Cn2c(CSC)nc3ccccc32)CC1. The molecule has 1 saturated heterocycles. The first-order valence-electron chi connectivity index (χ1n) is 9.80. The van der Waals surface area contributed by atoms with E-state index in [0.29, 0.717) is 19.6 Å². The lowest BCUT2D eigenvalue weighted by Gasteiger charge is -2.36. The molecule has 7 heteroatoms. The molecular formula is C22H26N4O2S. The van der Waals surface area contributed by atoms with Crippen LogP contribution in [0.25, 0.3) is 11.0 Å². The van der Waals surface area contributed by atoms with Gasteiger partial charge in [0, 0.05) is 26.2 Å². The van der Waals surface area contributed by atoms with Crippen molar-refractivity contribution in [3.8, 4) is 5.75 Å². The van der Waals surface area contributed by atoms with Crippen molar-refractivity contribution in [2.75, 3.05) is 44.4 Å². The van der Waals surface area contributed by atoms with E-state index in [0.717, 1.165) is 47.1 Å². The van der Waals surface area contributed by atoms with E-state index in [9.17, 15) is 4.79 Å². The lowest BCUT2D eigenvalue weighted by atomic mass is 10.2. The second-order valence-corrected chi connectivity index (χ2v) is 7.94. The first-order valence-corrected chi connectivity index (χ1v) is 11.2. The van der Waals surface area contributed by atoms with Gasteiger partial charge in [0.1, 0.15) is 18.1 Å². The largest absolute Gasteiger partial charge is 0.495 e. The van der Waals surface area contributed by atoms with Gasteiger partial charge in [-0.3, -0.25) is 4.79 Å². The van der Waals surface area contributed by atoms with Crippen molar-refractivity contribution in [2.45, 2.75) is 12.3 Å². The summed E-state index contributed by atoms with van der Waals surface area (Å²) in [6.45, 7) is 3.36. The minimum absolute atomic E-state index is 0.148. The van der Waals surface area contributed by atoms with Crippen molar-refractivity contribution >= 4 is 34.4 Å². The van der Waals surface area contributed by atoms with Gasteiger partial charge in [0.05, 0.1) is 29.6 Å². The van der Waals surface area contributed by atoms with Crippen LogP contribution < -0.4 is 9.64 Å². The van der Waals surface area contributed by atoms with Crippen molar-refractivity contribution in [3.05, 3.63) is 54.4 Å². The van der Waals surface area contributed by atoms with Crippen LogP contribution in [0.5, 0.6) is 5.75 Å². The molecule has 1 fully saturated rings. The number of fused-ring (bicyclic) bond motifs is 1. The lowest BCUT2D eigenvalue weighted by molar-refractivity contribution is -0.132. The number of carbonyl (C=O) groups excluding carboxylic acids is 1. The number of nitrogens with zero attached hydrogens (tertiary/aromatic N) is 4. The lowest BCUT2D eigenvalue weighted by Crippen LogP contribution is -2.49. The van der Waals surface area contributed by atoms with E-state index < -0.39 is 0 Å². The summed E-state index contributed by atoms with van der Waals surface area (Å²) < 4.78 is 7.56. The molecule has 1 aliphatic heterocycles. The molecule has 0 bridgehead atoms. The number of para-hydroxylation sites is 4. The number of hydrogen-bond acceptors (Lipinski definition) is 5. The number of carbonyl (C=O) groups is 1. The average molecular weight is 411 g/mol. The first kappa shape index (κ1) is 19.6. The van der Waals surface area contributed by atoms with E-state index >= 15 is 0 Å². The maximum atomic E-state index is 13.1. The minimum atomic E-state index is 0.148. The number of hydrogen-bond donors (Lipinski definition) is 0. The Hall–Kier alpha value is -2.67. The molecule has 1 aliphatic rings. The number of ether oxygens (including phenoxy) is 1. The summed E-state index contributed by atoms with van der Waals surface area (Å²) in [6, 6.07) is 16.1. The smallest absolute Gasteiger partial charge is 0.242 e. The highest BCUT2D eigenvalue weighted by molar-refractivity contribution is 7.97. The normalized spacial score (nSPS) is 14.4. The van der Waals surface area contributed by atoms with Gasteiger partial charge in [-0.1, -0.05) is 24.3 Å². The fourth-order valence-corrected chi connectivity index (χ4v) is 4.34. The van der Waals surface area contributed by atoms with Gasteiger partial charge in [-0.2, -0.15) is 11.8 Å². The van der Waals surface area contributed by atoms with Crippen molar-refractivity contribution in [1.29, 1.82) is 0 Å². The summed E-state index contributed by atoms with van der Waals surface area (Å²) in [7, 11) is 1.69. The van der Waals surface area contributed by atoms with Crippen LogP contribution in [0.1, 0.15) is 5.82 Å². The van der Waals surface area contributed by atoms with Gasteiger partial charge in [0.15, 0.2) is 0 Å². The highest BCUT2D eigenvalue weighted by atomic mass is 32.2. The number of rotatable bonds is 6. The number of benzene rings is 2. The Morgan fingerprint density at radius 2 is 1.79 bits per heavy atom. The highest BCUT2D eigenvalue weighted by Gasteiger charge is 2.24. The summed E-state index contributed by atoms with van der Waals surface area (Å²) >= 11 is 1.72. The van der Waals surface area contributed by atoms with Gasteiger partial charge in [0.25, 0.3) is 0 Å². The molecule has 0 saturated carbocycles. The summed E-state index contributed by atoms with van der Waals surface area (Å²) in [5.41, 5.74) is 3.06. The molecule has 6 nitrogen and oxygen atoms in total. The van der Waals surface area contributed by atoms with Gasteiger partial charge in [-0.25, -0.2) is 4.98 Å². The molecule has 29 heavy (non-hydrogen) atoms. The van der Waals surface area contributed by atoms with Crippen LogP contribution in [0.3, 0.4) is 0 Å². The second-order valence-electron chi connectivity index (χ2n) is 7.08. The number of aromatic nitrogens is 2. The number of amides is 1. The van der Waals surface area contributed by atoms with Crippen LogP contribution in [0.15, 0.2) is 48.5 Å². The number of anilines is 1. The van der Waals surface area contributed by atoms with Gasteiger partial charge in [-0.05, 0) is 30.5 Å². The summed E-state index contributed by atoms with van der Waals surface area (Å²) in [5, 5.41) is 0. The molecule has 1 amide bonds. The predicted octanol–water partition coefficient (Wildman–Crippen LogP) is 3.26. The standard InChI is InChI=1S/C22H26N4O2S/c1-28-20-10-6-5-9-19(20)24-11-13-25(14-12-24)22(27)15-26-18-8-4-3-7-17(18)23-21(26)16-29-2/h3-10H,11-16H2,1-2H3. The Morgan fingerprint density at radius 3 is 2.55 bits per heavy atom. The molecule has 0 radical (unpaired) electrons. The van der Waals surface area contributed by atoms with E-state index in [-0.39, 0.29) is 5.91 Å². The Bertz CT molecular complexity index is 995. The third kappa shape index (κ3) is 4.05. The van der Waals surface area contributed by atoms with Crippen molar-refractivity contribution in [3.63, 3.8) is 0 Å². The van der Waals surface area contributed by atoms with E-state index in [1.807, 2.05) is 47.4 Å². The first-order chi connectivity index (χ1) is 14.2. The maximum absolute atomic E-state index is 13.1. The number of methoxy groups -OCH3 is 1. The molecule has 0 atom stereocenters. The molecular weight excluding hydrogens is 384 g/mol. The molecule has 0 spiro atoms. The van der Waals surface area contributed by atoms with Crippen LogP contribution in [-0.4, -0.2) is 59.9 Å². The number of imidazole rings is 1. The predicted molar refractivity (Wildman–Crippen MR) is 119 cm³/mol. The Morgan fingerprint density at radius 1 is 1.07 bits per heavy atom. The fourth-order valence-electron chi connectivity index (χ4n) is 3.86. The third-order valence-corrected chi connectivity index (χ3v) is 5.91.